The van der Waals surface area contributed by atoms with Gasteiger partial charge in [-0.05, 0) is 42.7 Å². The maximum atomic E-state index is 12.7. The fraction of sp³-hybridized carbons (Fsp3) is 0.333. The number of amides is 2. The van der Waals surface area contributed by atoms with Gasteiger partial charge in [-0.15, -0.1) is 0 Å². The van der Waals surface area contributed by atoms with E-state index in [1.54, 1.807) is 30.5 Å². The van der Waals surface area contributed by atoms with Gasteiger partial charge in [-0.3, -0.25) is 15.1 Å². The summed E-state index contributed by atoms with van der Waals surface area (Å²) in [4.78, 5) is 40.2. The fourth-order valence-corrected chi connectivity index (χ4v) is 3.33. The zero-order valence-corrected chi connectivity index (χ0v) is 16.3. The van der Waals surface area contributed by atoms with Crippen molar-refractivity contribution >= 4 is 29.7 Å². The minimum absolute atomic E-state index is 0.172. The Morgan fingerprint density at radius 1 is 1.31 bits per heavy atom. The lowest BCUT2D eigenvalue weighted by atomic mass is 9.89. The van der Waals surface area contributed by atoms with Crippen LogP contribution in [0.3, 0.4) is 0 Å². The Labute approximate surface area is 168 Å². The number of hydrogen-bond donors (Lipinski definition) is 3. The highest BCUT2D eigenvalue weighted by Gasteiger charge is 2.25. The second kappa shape index (κ2) is 8.83. The second-order valence-electron chi connectivity index (χ2n) is 7.14. The molecule has 2 bridgehead atoms. The lowest BCUT2D eigenvalue weighted by Crippen LogP contribution is -2.27. The molecule has 0 spiro atoms. The summed E-state index contributed by atoms with van der Waals surface area (Å²) < 4.78 is 4.63. The zero-order chi connectivity index (χ0) is 21.0. The minimum Gasteiger partial charge on any atom is -0.453 e. The van der Waals surface area contributed by atoms with Crippen LogP contribution in [0.15, 0.2) is 36.5 Å². The van der Waals surface area contributed by atoms with Crippen molar-refractivity contribution in [3.05, 3.63) is 42.2 Å². The van der Waals surface area contributed by atoms with Crippen molar-refractivity contribution in [2.24, 2.45) is 17.6 Å². The Hall–Kier alpha value is -3.26. The van der Waals surface area contributed by atoms with Crippen LogP contribution < -0.4 is 16.4 Å². The smallest absolute Gasteiger partial charge is 0.411 e. The van der Waals surface area contributed by atoms with Crippen molar-refractivity contribution in [3.8, 4) is 11.1 Å². The van der Waals surface area contributed by atoms with Gasteiger partial charge in [0, 0.05) is 29.3 Å². The summed E-state index contributed by atoms with van der Waals surface area (Å²) in [6.07, 6.45) is 2.87. The zero-order valence-electron chi connectivity index (χ0n) is 16.3. The number of carbonyl (C=O) groups excluding carboxylic acids is 3. The van der Waals surface area contributed by atoms with Crippen LogP contribution in [-0.4, -0.2) is 30.4 Å². The van der Waals surface area contributed by atoms with Gasteiger partial charge in [0.1, 0.15) is 6.29 Å². The van der Waals surface area contributed by atoms with Crippen molar-refractivity contribution < 1.29 is 19.1 Å². The molecule has 2 heterocycles. The molecule has 8 nitrogen and oxygen atoms in total. The molecule has 152 valence electrons. The van der Waals surface area contributed by atoms with E-state index in [0.29, 0.717) is 29.9 Å². The fourth-order valence-electron chi connectivity index (χ4n) is 3.33. The third-order valence-corrected chi connectivity index (χ3v) is 5.16. The number of hydrogen-bond acceptors (Lipinski definition) is 6. The standard InChI is InChI=1S/C21H24N4O4/c1-12-3-4-14(11-26)19(22)18-9-13(7-8-23-18)16-6-5-15(24-21(28)29-2)10-17(16)25-20(12)27/h5-12,14,19H,3-4,22H2,1-2H3,(H,24,28)(H,25,27)/t12-,14?,19+/m1/s1. The first-order chi connectivity index (χ1) is 13.9. The number of nitrogens with one attached hydrogen (secondary N) is 2. The average Bonchev–Trinajstić information content (AvgIpc) is 2.73. The first kappa shape index (κ1) is 20.5. The van der Waals surface area contributed by atoms with Gasteiger partial charge in [0.25, 0.3) is 0 Å². The van der Waals surface area contributed by atoms with Crippen molar-refractivity contribution in [2.75, 3.05) is 17.7 Å². The molecule has 0 fully saturated rings. The third-order valence-electron chi connectivity index (χ3n) is 5.16. The third kappa shape index (κ3) is 4.60. The van der Waals surface area contributed by atoms with E-state index < -0.39 is 18.1 Å². The highest BCUT2D eigenvalue weighted by atomic mass is 16.5. The van der Waals surface area contributed by atoms with Gasteiger partial charge in [-0.25, -0.2) is 4.79 Å². The second-order valence-corrected chi connectivity index (χ2v) is 7.14. The van der Waals surface area contributed by atoms with E-state index in [4.69, 9.17) is 5.73 Å². The Morgan fingerprint density at radius 2 is 2.10 bits per heavy atom. The number of ether oxygens (including phenoxy) is 1. The van der Waals surface area contributed by atoms with Crippen molar-refractivity contribution in [1.82, 2.24) is 4.98 Å². The van der Waals surface area contributed by atoms with E-state index >= 15 is 0 Å². The molecular formula is C21H24N4O4. The van der Waals surface area contributed by atoms with Crippen LogP contribution in [0.25, 0.3) is 11.1 Å². The minimum atomic E-state index is -0.602. The number of anilines is 2. The molecule has 3 atom stereocenters. The van der Waals surface area contributed by atoms with Gasteiger partial charge in [0.15, 0.2) is 0 Å². The molecule has 3 rings (SSSR count). The van der Waals surface area contributed by atoms with Crippen molar-refractivity contribution in [2.45, 2.75) is 25.8 Å². The number of pyridine rings is 1. The SMILES string of the molecule is COC(=O)Nc1ccc2c(c1)NC(=O)[C@H](C)CCC(C=O)[C@H](N)c1cc-2ccn1. The van der Waals surface area contributed by atoms with Gasteiger partial charge in [-0.2, -0.15) is 0 Å². The Bertz CT molecular complexity index is 931. The van der Waals surface area contributed by atoms with Crippen LogP contribution in [0.1, 0.15) is 31.5 Å². The van der Waals surface area contributed by atoms with Gasteiger partial charge in [-0.1, -0.05) is 13.0 Å². The number of carbonyl (C=O) groups is 3. The van der Waals surface area contributed by atoms with E-state index in [-0.39, 0.29) is 11.8 Å². The normalized spacial score (nSPS) is 21.6. The molecule has 1 unspecified atom stereocenters. The molecule has 4 N–H and O–H groups in total. The summed E-state index contributed by atoms with van der Waals surface area (Å²) in [7, 11) is 1.28. The molecule has 1 aliphatic rings. The molecule has 8 heteroatoms. The number of methoxy groups -OCH3 is 1. The highest BCUT2D eigenvalue weighted by molar-refractivity contribution is 5.98. The predicted molar refractivity (Wildman–Crippen MR) is 109 cm³/mol. The Balaban J connectivity index is 2.10. The number of aromatic nitrogens is 1. The van der Waals surface area contributed by atoms with Gasteiger partial charge in [0.05, 0.1) is 24.5 Å². The first-order valence-corrected chi connectivity index (χ1v) is 9.40. The first-order valence-electron chi connectivity index (χ1n) is 9.40. The van der Waals surface area contributed by atoms with Crippen LogP contribution >= 0.6 is 0 Å². The molecule has 29 heavy (non-hydrogen) atoms. The molecule has 0 saturated heterocycles. The predicted octanol–water partition coefficient (Wildman–Crippen LogP) is 3.11. The quantitative estimate of drug-likeness (QED) is 0.670. The van der Waals surface area contributed by atoms with Crippen molar-refractivity contribution in [3.63, 3.8) is 0 Å². The molecule has 1 aliphatic heterocycles. The number of aldehydes is 1. The molecular weight excluding hydrogens is 372 g/mol. The number of rotatable bonds is 2. The van der Waals surface area contributed by atoms with E-state index in [0.717, 1.165) is 17.4 Å². The summed E-state index contributed by atoms with van der Waals surface area (Å²) in [6, 6.07) is 8.26. The molecule has 2 aromatic rings. The largest absolute Gasteiger partial charge is 0.453 e. The van der Waals surface area contributed by atoms with Crippen LogP contribution in [0.4, 0.5) is 16.2 Å². The number of nitrogens with two attached hydrogens (primary N) is 1. The van der Waals surface area contributed by atoms with Gasteiger partial charge in [0.2, 0.25) is 5.91 Å². The van der Waals surface area contributed by atoms with Crippen molar-refractivity contribution in [1.29, 1.82) is 0 Å². The topological polar surface area (TPSA) is 123 Å². The van der Waals surface area contributed by atoms with E-state index in [1.165, 1.54) is 7.11 Å². The van der Waals surface area contributed by atoms with E-state index in [9.17, 15) is 14.4 Å². The summed E-state index contributed by atoms with van der Waals surface area (Å²) in [5.74, 6) is -0.909. The van der Waals surface area contributed by atoms with E-state index in [1.807, 2.05) is 13.0 Å². The molecule has 0 saturated carbocycles. The van der Waals surface area contributed by atoms with Crippen LogP contribution in [0.2, 0.25) is 0 Å². The lowest BCUT2D eigenvalue weighted by molar-refractivity contribution is -0.120. The highest BCUT2D eigenvalue weighted by Crippen LogP contribution is 2.34. The lowest BCUT2D eigenvalue weighted by Gasteiger charge is -2.23. The number of benzene rings is 1. The van der Waals surface area contributed by atoms with Crippen LogP contribution in [-0.2, 0) is 14.3 Å². The summed E-state index contributed by atoms with van der Waals surface area (Å²) in [5, 5.41) is 5.54. The Morgan fingerprint density at radius 3 is 2.83 bits per heavy atom. The van der Waals surface area contributed by atoms with Crippen LogP contribution in [0, 0.1) is 11.8 Å². The molecule has 2 amide bonds. The van der Waals surface area contributed by atoms with E-state index in [2.05, 4.69) is 20.4 Å². The maximum Gasteiger partial charge on any atom is 0.411 e. The molecule has 1 aromatic carbocycles. The maximum absolute atomic E-state index is 12.7. The molecule has 0 radical (unpaired) electrons. The number of fused-ring (bicyclic) bond motifs is 4. The summed E-state index contributed by atoms with van der Waals surface area (Å²) in [6.45, 7) is 1.81. The average molecular weight is 396 g/mol. The van der Waals surface area contributed by atoms with Gasteiger partial charge >= 0.3 is 6.09 Å². The summed E-state index contributed by atoms with van der Waals surface area (Å²) >= 11 is 0. The molecule has 0 aliphatic carbocycles. The molecule has 1 aromatic heterocycles. The van der Waals surface area contributed by atoms with Crippen LogP contribution in [0.5, 0.6) is 0 Å². The van der Waals surface area contributed by atoms with Gasteiger partial charge < -0.3 is 20.6 Å². The number of nitrogens with zero attached hydrogens (tertiary/aromatic N) is 1. The monoisotopic (exact) mass is 396 g/mol. The summed E-state index contributed by atoms with van der Waals surface area (Å²) in [5.41, 5.74) is 9.51. The Kier molecular flexibility index (Phi) is 6.23.